The van der Waals surface area contributed by atoms with E-state index in [4.69, 9.17) is 9.47 Å². The fraction of sp³-hybridized carbons (Fsp3) is 0.273. The van der Waals surface area contributed by atoms with Crippen LogP contribution in [0.4, 0.5) is 0 Å². The third-order valence-corrected chi connectivity index (χ3v) is 4.82. The molecule has 0 bridgehead atoms. The molecule has 0 aliphatic heterocycles. The Morgan fingerprint density at radius 1 is 1.23 bits per heavy atom. The lowest BCUT2D eigenvalue weighted by molar-refractivity contribution is -0.150. The third kappa shape index (κ3) is 4.94. The van der Waals surface area contributed by atoms with Crippen LogP contribution in [0.5, 0.6) is 5.75 Å². The summed E-state index contributed by atoms with van der Waals surface area (Å²) in [6, 6.07) is 12.5. The van der Waals surface area contributed by atoms with Gasteiger partial charge in [-0.3, -0.25) is 4.79 Å². The number of ether oxygens (including phenoxy) is 2. The molecule has 1 atom stereocenters. The van der Waals surface area contributed by atoms with Gasteiger partial charge in [-0.05, 0) is 61.9 Å². The number of carbonyl (C=O) groups is 1. The van der Waals surface area contributed by atoms with Crippen LogP contribution >= 0.6 is 15.9 Å². The van der Waals surface area contributed by atoms with Crippen molar-refractivity contribution in [3.63, 3.8) is 0 Å². The molecule has 0 unspecified atom stereocenters. The summed E-state index contributed by atoms with van der Waals surface area (Å²) in [5.41, 5.74) is 1.19. The summed E-state index contributed by atoms with van der Waals surface area (Å²) >= 11 is 3.39. The largest absolute Gasteiger partial charge is 0.479 e. The Hall–Kier alpha value is -3.00. The molecule has 8 heteroatoms. The van der Waals surface area contributed by atoms with Gasteiger partial charge in [-0.2, -0.15) is 9.78 Å². The molecule has 0 fully saturated rings. The average Bonchev–Trinajstić information content (AvgIpc) is 2.74. The Labute approximate surface area is 182 Å². The van der Waals surface area contributed by atoms with Crippen molar-refractivity contribution >= 4 is 39.0 Å². The predicted octanol–water partition coefficient (Wildman–Crippen LogP) is 3.93. The fourth-order valence-corrected chi connectivity index (χ4v) is 3.17. The summed E-state index contributed by atoms with van der Waals surface area (Å²) < 4.78 is 12.6. The standard InChI is InChI=1S/C22H22BrN3O4/c1-4-20-25-19-11-8-16(23)12-18(19)21(27)26(20)24-13-15-6-9-17(10-7-15)30-14(3)22(28)29-5-2/h6-14H,4-5H2,1-3H3/t14-/m1/s1. The zero-order chi connectivity index (χ0) is 21.7. The maximum absolute atomic E-state index is 12.9. The van der Waals surface area contributed by atoms with Crippen molar-refractivity contribution in [3.05, 3.63) is 68.7 Å². The van der Waals surface area contributed by atoms with E-state index >= 15 is 0 Å². The van der Waals surface area contributed by atoms with Crippen LogP contribution in [0.25, 0.3) is 10.9 Å². The summed E-state index contributed by atoms with van der Waals surface area (Å²) in [4.78, 5) is 29.1. The summed E-state index contributed by atoms with van der Waals surface area (Å²) in [6.07, 6.45) is 1.46. The molecular formula is C22H22BrN3O4. The maximum atomic E-state index is 12.9. The minimum absolute atomic E-state index is 0.224. The van der Waals surface area contributed by atoms with Crippen molar-refractivity contribution < 1.29 is 14.3 Å². The number of carbonyl (C=O) groups excluding carboxylic acids is 1. The van der Waals surface area contributed by atoms with Gasteiger partial charge in [-0.25, -0.2) is 9.78 Å². The summed E-state index contributed by atoms with van der Waals surface area (Å²) in [6.45, 7) is 5.62. The number of benzene rings is 2. The lowest BCUT2D eigenvalue weighted by Crippen LogP contribution is -2.26. The van der Waals surface area contributed by atoms with Gasteiger partial charge in [0.05, 0.1) is 23.7 Å². The van der Waals surface area contributed by atoms with Gasteiger partial charge < -0.3 is 9.47 Å². The van der Waals surface area contributed by atoms with E-state index in [1.54, 1.807) is 50.4 Å². The first-order valence-corrected chi connectivity index (χ1v) is 10.4. The average molecular weight is 472 g/mol. The number of nitrogens with zero attached hydrogens (tertiary/aromatic N) is 3. The molecule has 1 heterocycles. The van der Waals surface area contributed by atoms with E-state index in [9.17, 15) is 9.59 Å². The van der Waals surface area contributed by atoms with E-state index in [-0.39, 0.29) is 5.56 Å². The van der Waals surface area contributed by atoms with Crippen molar-refractivity contribution in [1.29, 1.82) is 0 Å². The molecule has 1 aromatic heterocycles. The molecule has 2 aromatic carbocycles. The number of aromatic nitrogens is 2. The number of hydrogen-bond acceptors (Lipinski definition) is 6. The van der Waals surface area contributed by atoms with E-state index in [0.29, 0.717) is 35.5 Å². The van der Waals surface area contributed by atoms with Crippen LogP contribution < -0.4 is 10.3 Å². The van der Waals surface area contributed by atoms with Crippen molar-refractivity contribution in [3.8, 4) is 5.75 Å². The van der Waals surface area contributed by atoms with Crippen molar-refractivity contribution in [2.75, 3.05) is 6.61 Å². The molecule has 0 aliphatic rings. The predicted molar refractivity (Wildman–Crippen MR) is 119 cm³/mol. The van der Waals surface area contributed by atoms with Crippen LogP contribution in [0.1, 0.15) is 32.2 Å². The molecule has 3 aromatic rings. The Bertz CT molecular complexity index is 1140. The van der Waals surface area contributed by atoms with E-state index in [1.807, 2.05) is 19.1 Å². The van der Waals surface area contributed by atoms with Gasteiger partial charge >= 0.3 is 5.97 Å². The monoisotopic (exact) mass is 471 g/mol. The lowest BCUT2D eigenvalue weighted by Gasteiger charge is -2.13. The van der Waals surface area contributed by atoms with Gasteiger partial charge in [0.1, 0.15) is 11.6 Å². The van der Waals surface area contributed by atoms with Crippen LogP contribution in [-0.2, 0) is 16.0 Å². The van der Waals surface area contributed by atoms with Gasteiger partial charge in [0.25, 0.3) is 5.56 Å². The first-order valence-electron chi connectivity index (χ1n) is 9.61. The number of esters is 1. The Balaban J connectivity index is 1.83. The molecule has 0 radical (unpaired) electrons. The summed E-state index contributed by atoms with van der Waals surface area (Å²) in [7, 11) is 0. The highest BCUT2D eigenvalue weighted by atomic mass is 79.9. The smallest absolute Gasteiger partial charge is 0.347 e. The highest BCUT2D eigenvalue weighted by molar-refractivity contribution is 9.10. The molecule has 0 N–H and O–H groups in total. The Kier molecular flexibility index (Phi) is 6.99. The molecule has 0 saturated heterocycles. The number of aryl methyl sites for hydroxylation is 1. The topological polar surface area (TPSA) is 82.8 Å². The first kappa shape index (κ1) is 21.7. The molecular weight excluding hydrogens is 450 g/mol. The van der Waals surface area contributed by atoms with Gasteiger partial charge in [0, 0.05) is 10.9 Å². The first-order chi connectivity index (χ1) is 14.4. The molecule has 0 amide bonds. The minimum atomic E-state index is -0.696. The SMILES string of the molecule is CCOC(=O)[C@@H](C)Oc1ccc(C=Nn2c(CC)nc3ccc(Br)cc3c2=O)cc1. The Morgan fingerprint density at radius 2 is 1.97 bits per heavy atom. The second kappa shape index (κ2) is 9.67. The number of hydrogen-bond donors (Lipinski definition) is 0. The second-order valence-electron chi connectivity index (χ2n) is 6.49. The second-order valence-corrected chi connectivity index (χ2v) is 7.40. The van der Waals surface area contributed by atoms with E-state index in [0.717, 1.165) is 10.0 Å². The zero-order valence-electron chi connectivity index (χ0n) is 17.0. The van der Waals surface area contributed by atoms with Crippen molar-refractivity contribution in [2.24, 2.45) is 5.10 Å². The fourth-order valence-electron chi connectivity index (χ4n) is 2.81. The van der Waals surface area contributed by atoms with Crippen LogP contribution in [0.15, 0.2) is 56.8 Å². The normalized spacial score (nSPS) is 12.3. The number of rotatable bonds is 7. The van der Waals surface area contributed by atoms with Gasteiger partial charge in [0.15, 0.2) is 6.10 Å². The van der Waals surface area contributed by atoms with E-state index in [2.05, 4.69) is 26.0 Å². The number of halogens is 1. The lowest BCUT2D eigenvalue weighted by atomic mass is 10.2. The van der Waals surface area contributed by atoms with E-state index < -0.39 is 12.1 Å². The van der Waals surface area contributed by atoms with Gasteiger partial charge in [-0.1, -0.05) is 22.9 Å². The van der Waals surface area contributed by atoms with Crippen LogP contribution in [0.2, 0.25) is 0 Å². The molecule has 0 aliphatic carbocycles. The van der Waals surface area contributed by atoms with Crippen LogP contribution in [-0.4, -0.2) is 34.6 Å². The molecule has 7 nitrogen and oxygen atoms in total. The van der Waals surface area contributed by atoms with E-state index in [1.165, 1.54) is 4.68 Å². The zero-order valence-corrected chi connectivity index (χ0v) is 18.5. The van der Waals surface area contributed by atoms with Gasteiger partial charge in [0.2, 0.25) is 0 Å². The molecule has 0 spiro atoms. The summed E-state index contributed by atoms with van der Waals surface area (Å²) in [5.74, 6) is 0.704. The number of fused-ring (bicyclic) bond motifs is 1. The summed E-state index contributed by atoms with van der Waals surface area (Å²) in [5, 5.41) is 4.85. The quantitative estimate of drug-likeness (QED) is 0.385. The molecule has 3 rings (SSSR count). The molecule has 30 heavy (non-hydrogen) atoms. The van der Waals surface area contributed by atoms with Crippen molar-refractivity contribution in [2.45, 2.75) is 33.3 Å². The highest BCUT2D eigenvalue weighted by Gasteiger charge is 2.15. The highest BCUT2D eigenvalue weighted by Crippen LogP contribution is 2.17. The van der Waals surface area contributed by atoms with Gasteiger partial charge in [-0.15, -0.1) is 0 Å². The van der Waals surface area contributed by atoms with Crippen molar-refractivity contribution in [1.82, 2.24) is 9.66 Å². The third-order valence-electron chi connectivity index (χ3n) is 4.33. The van der Waals surface area contributed by atoms with Crippen LogP contribution in [0, 0.1) is 0 Å². The van der Waals surface area contributed by atoms with Crippen LogP contribution in [0.3, 0.4) is 0 Å². The minimum Gasteiger partial charge on any atom is -0.479 e. The molecule has 156 valence electrons. The maximum Gasteiger partial charge on any atom is 0.347 e. The molecule has 0 saturated carbocycles. The Morgan fingerprint density at radius 3 is 2.63 bits per heavy atom.